The third-order valence-corrected chi connectivity index (χ3v) is 5.60. The minimum atomic E-state index is -0.875. The fraction of sp³-hybridized carbons (Fsp3) is 0.615. The molecule has 0 bridgehead atoms. The van der Waals surface area contributed by atoms with Gasteiger partial charge in [0.15, 0.2) is 0 Å². The van der Waals surface area contributed by atoms with E-state index in [0.717, 1.165) is 6.42 Å². The maximum atomic E-state index is 13.1. The number of rotatable bonds is 14. The predicted molar refractivity (Wildman–Crippen MR) is 140 cm³/mol. The number of aliphatic hydroxyl groups excluding tert-OH is 1. The van der Waals surface area contributed by atoms with Crippen molar-refractivity contribution in [2.75, 3.05) is 26.0 Å². The van der Waals surface area contributed by atoms with Crippen LogP contribution in [0.15, 0.2) is 24.3 Å². The van der Waals surface area contributed by atoms with Gasteiger partial charge in [0, 0.05) is 32.7 Å². The third kappa shape index (κ3) is 11.5. The maximum absolute atomic E-state index is 13.1. The molecule has 202 valence electrons. The molecule has 0 aliphatic rings. The van der Waals surface area contributed by atoms with Crippen molar-refractivity contribution in [1.29, 1.82) is 0 Å². The van der Waals surface area contributed by atoms with Crippen molar-refractivity contribution >= 4 is 29.4 Å². The number of carbonyl (C=O) groups excluding carboxylic acids is 4. The first-order valence-corrected chi connectivity index (χ1v) is 12.5. The summed E-state index contributed by atoms with van der Waals surface area (Å²) >= 11 is 0. The molecule has 0 aromatic heterocycles. The van der Waals surface area contributed by atoms with Crippen molar-refractivity contribution in [3.8, 4) is 0 Å². The van der Waals surface area contributed by atoms with Crippen LogP contribution in [0.1, 0.15) is 58.9 Å². The van der Waals surface area contributed by atoms with E-state index in [1.165, 1.54) is 4.90 Å². The van der Waals surface area contributed by atoms with Gasteiger partial charge in [-0.1, -0.05) is 39.8 Å². The molecule has 0 saturated heterocycles. The van der Waals surface area contributed by atoms with Crippen LogP contribution < -0.4 is 21.3 Å². The van der Waals surface area contributed by atoms with E-state index in [1.54, 1.807) is 38.4 Å². The Hall–Kier alpha value is -3.14. The highest BCUT2D eigenvalue weighted by molar-refractivity contribution is 5.98. The minimum absolute atomic E-state index is 0.106. The van der Waals surface area contributed by atoms with Gasteiger partial charge in [0.25, 0.3) is 0 Å². The summed E-state index contributed by atoms with van der Waals surface area (Å²) < 4.78 is 0. The first kappa shape index (κ1) is 30.9. The molecule has 1 aromatic rings. The minimum Gasteiger partial charge on any atom is -0.392 e. The molecule has 0 saturated carbocycles. The monoisotopic (exact) mass is 505 g/mol. The number of urea groups is 1. The van der Waals surface area contributed by atoms with Gasteiger partial charge >= 0.3 is 6.03 Å². The smallest absolute Gasteiger partial charge is 0.316 e. The normalized spacial score (nSPS) is 12.6. The number of benzene rings is 1. The molecule has 0 unspecified atom stereocenters. The largest absolute Gasteiger partial charge is 0.392 e. The van der Waals surface area contributed by atoms with E-state index in [9.17, 15) is 24.3 Å². The zero-order valence-corrected chi connectivity index (χ0v) is 22.4. The highest BCUT2D eigenvalue weighted by Crippen LogP contribution is 2.12. The maximum Gasteiger partial charge on any atom is 0.316 e. The summed E-state index contributed by atoms with van der Waals surface area (Å²) in [7, 11) is 3.27. The fourth-order valence-electron chi connectivity index (χ4n) is 3.31. The van der Waals surface area contributed by atoms with Crippen molar-refractivity contribution in [1.82, 2.24) is 20.9 Å². The van der Waals surface area contributed by atoms with Gasteiger partial charge < -0.3 is 31.3 Å². The molecule has 36 heavy (non-hydrogen) atoms. The van der Waals surface area contributed by atoms with Crippen LogP contribution >= 0.6 is 0 Å². The van der Waals surface area contributed by atoms with Crippen LogP contribution in [-0.2, 0) is 21.0 Å². The van der Waals surface area contributed by atoms with Gasteiger partial charge in [0.1, 0.15) is 12.1 Å². The van der Waals surface area contributed by atoms with Crippen LogP contribution in [-0.4, -0.2) is 66.5 Å². The second-order valence-corrected chi connectivity index (χ2v) is 9.90. The second kappa shape index (κ2) is 15.8. The molecule has 10 heteroatoms. The number of anilines is 1. The molecule has 0 radical (unpaired) electrons. The van der Waals surface area contributed by atoms with E-state index >= 15 is 0 Å². The van der Waals surface area contributed by atoms with E-state index in [2.05, 4.69) is 21.3 Å². The lowest BCUT2D eigenvalue weighted by Gasteiger charge is -2.25. The van der Waals surface area contributed by atoms with Crippen molar-refractivity contribution in [2.24, 2.45) is 11.8 Å². The van der Waals surface area contributed by atoms with Gasteiger partial charge in [-0.25, -0.2) is 4.79 Å². The summed E-state index contributed by atoms with van der Waals surface area (Å²) in [5, 5.41) is 20.3. The van der Waals surface area contributed by atoms with E-state index in [4.69, 9.17) is 0 Å². The molecule has 2 atom stereocenters. The van der Waals surface area contributed by atoms with Gasteiger partial charge in [0.05, 0.1) is 6.61 Å². The molecule has 10 nitrogen and oxygen atoms in total. The van der Waals surface area contributed by atoms with Crippen LogP contribution in [0.5, 0.6) is 0 Å². The van der Waals surface area contributed by atoms with Gasteiger partial charge in [-0.15, -0.1) is 0 Å². The second-order valence-electron chi connectivity index (χ2n) is 9.90. The number of carbonyl (C=O) groups is 4. The lowest BCUT2D eigenvalue weighted by atomic mass is 10.0. The Morgan fingerprint density at radius 2 is 1.56 bits per heavy atom. The summed E-state index contributed by atoms with van der Waals surface area (Å²) in [4.78, 5) is 51.8. The number of hydrogen-bond acceptors (Lipinski definition) is 5. The molecular weight excluding hydrogens is 462 g/mol. The standard InChI is InChI=1S/C26H43N5O5/c1-17(2)9-14-22(33)30-23(18(3)4)25(35)29-21(8-7-15-27-26(36)31(5)6)24(34)28-20-12-10-19(16-32)11-13-20/h10-13,17-18,21,23,32H,7-9,14-16H2,1-6H3,(H,27,36)(H,28,34)(H,29,35)(H,30,33)/t21-,23-/m0/s1. The van der Waals surface area contributed by atoms with Crippen molar-refractivity contribution < 1.29 is 24.3 Å². The van der Waals surface area contributed by atoms with Crippen molar-refractivity contribution in [3.63, 3.8) is 0 Å². The quantitative estimate of drug-likeness (QED) is 0.247. The Balaban J connectivity index is 2.90. The highest BCUT2D eigenvalue weighted by Gasteiger charge is 2.28. The molecule has 1 rings (SSSR count). The van der Waals surface area contributed by atoms with Crippen LogP contribution in [0.3, 0.4) is 0 Å². The van der Waals surface area contributed by atoms with Crippen molar-refractivity contribution in [2.45, 2.75) is 72.1 Å². The third-order valence-electron chi connectivity index (χ3n) is 5.60. The van der Waals surface area contributed by atoms with Gasteiger partial charge in [-0.3, -0.25) is 14.4 Å². The number of aliphatic hydroxyl groups is 1. The average molecular weight is 506 g/mol. The van der Waals surface area contributed by atoms with E-state index in [0.29, 0.717) is 36.6 Å². The van der Waals surface area contributed by atoms with E-state index in [1.807, 2.05) is 27.7 Å². The molecule has 0 aliphatic carbocycles. The molecular formula is C26H43N5O5. The van der Waals surface area contributed by atoms with Crippen LogP contribution in [0.2, 0.25) is 0 Å². The van der Waals surface area contributed by atoms with Crippen LogP contribution in [0.25, 0.3) is 0 Å². The van der Waals surface area contributed by atoms with Gasteiger partial charge in [-0.05, 0) is 48.8 Å². The Bertz CT molecular complexity index is 855. The molecule has 0 heterocycles. The summed E-state index contributed by atoms with van der Waals surface area (Å²) in [6.07, 6.45) is 1.78. The Kier molecular flexibility index (Phi) is 13.5. The fourth-order valence-corrected chi connectivity index (χ4v) is 3.31. The van der Waals surface area contributed by atoms with E-state index < -0.39 is 23.9 Å². The number of amides is 5. The number of hydrogen-bond donors (Lipinski definition) is 5. The predicted octanol–water partition coefficient (Wildman–Crippen LogP) is 2.23. The van der Waals surface area contributed by atoms with Gasteiger partial charge in [-0.2, -0.15) is 0 Å². The van der Waals surface area contributed by atoms with Gasteiger partial charge in [0.2, 0.25) is 17.7 Å². The topological polar surface area (TPSA) is 140 Å². The molecule has 5 amide bonds. The molecule has 0 aliphatic heterocycles. The summed E-state index contributed by atoms with van der Waals surface area (Å²) in [5.41, 5.74) is 1.24. The average Bonchev–Trinajstić information content (AvgIpc) is 2.82. The summed E-state index contributed by atoms with van der Waals surface area (Å²) in [6.45, 7) is 7.96. The molecule has 5 N–H and O–H groups in total. The Labute approximate surface area is 214 Å². The first-order valence-electron chi connectivity index (χ1n) is 12.5. The molecule has 0 spiro atoms. The van der Waals surface area contributed by atoms with Crippen LogP contribution in [0, 0.1) is 11.8 Å². The molecule has 1 aromatic carbocycles. The Morgan fingerprint density at radius 1 is 0.917 bits per heavy atom. The summed E-state index contributed by atoms with van der Waals surface area (Å²) in [6, 6.07) is 4.84. The van der Waals surface area contributed by atoms with E-state index in [-0.39, 0.29) is 30.9 Å². The zero-order chi connectivity index (χ0) is 27.3. The SMILES string of the molecule is CC(C)CCC(=O)N[C@H](C(=O)N[C@@H](CCCNC(=O)N(C)C)C(=O)Nc1ccc(CO)cc1)C(C)C. The lowest BCUT2D eigenvalue weighted by Crippen LogP contribution is -2.54. The molecule has 0 fully saturated rings. The highest BCUT2D eigenvalue weighted by atomic mass is 16.3. The number of nitrogens with one attached hydrogen (secondary N) is 4. The number of nitrogens with zero attached hydrogens (tertiary/aromatic N) is 1. The summed E-state index contributed by atoms with van der Waals surface area (Å²) in [5.74, 6) is -0.852. The first-order chi connectivity index (χ1) is 16.9. The zero-order valence-electron chi connectivity index (χ0n) is 22.4. The van der Waals surface area contributed by atoms with Crippen molar-refractivity contribution in [3.05, 3.63) is 29.8 Å². The Morgan fingerprint density at radius 3 is 2.08 bits per heavy atom. The van der Waals surface area contributed by atoms with Crippen LogP contribution in [0.4, 0.5) is 10.5 Å². The lowest BCUT2D eigenvalue weighted by molar-refractivity contribution is -0.132.